The van der Waals surface area contributed by atoms with Crippen molar-refractivity contribution in [2.24, 2.45) is 0 Å². The van der Waals surface area contributed by atoms with Gasteiger partial charge in [0.2, 0.25) is 0 Å². The summed E-state index contributed by atoms with van der Waals surface area (Å²) < 4.78 is 43.3. The molecular weight excluding hydrogens is 408 g/mol. The summed E-state index contributed by atoms with van der Waals surface area (Å²) >= 11 is 0. The summed E-state index contributed by atoms with van der Waals surface area (Å²) in [6.45, 7) is 4.21. The van der Waals surface area contributed by atoms with Crippen LogP contribution in [0, 0.1) is 0 Å². The standard InChI is InChI=1S/C22H28O7S/c1-16(2)28-21(22(23)26-3)15-18-7-9-19(10-8-18)27-14-13-17-5-11-20(12-6-17)29-30(4,24)25/h5-12,16,21H,13-15H2,1-4H3. The third-order valence-corrected chi connectivity index (χ3v) is 4.57. The van der Waals surface area contributed by atoms with Crippen molar-refractivity contribution in [3.8, 4) is 11.5 Å². The average molecular weight is 437 g/mol. The van der Waals surface area contributed by atoms with E-state index in [-0.39, 0.29) is 11.9 Å². The Kier molecular flexibility index (Phi) is 8.68. The maximum absolute atomic E-state index is 11.9. The van der Waals surface area contributed by atoms with Crippen LogP contribution in [0.3, 0.4) is 0 Å². The van der Waals surface area contributed by atoms with Crippen LogP contribution in [0.15, 0.2) is 48.5 Å². The first-order valence-corrected chi connectivity index (χ1v) is 11.4. The topological polar surface area (TPSA) is 88.1 Å². The van der Waals surface area contributed by atoms with Crippen molar-refractivity contribution in [3.05, 3.63) is 59.7 Å². The molecule has 2 aromatic rings. The summed E-state index contributed by atoms with van der Waals surface area (Å²) in [5, 5.41) is 0. The zero-order chi connectivity index (χ0) is 22.1. The van der Waals surface area contributed by atoms with Crippen LogP contribution >= 0.6 is 0 Å². The molecule has 0 heterocycles. The molecule has 1 unspecified atom stereocenters. The monoisotopic (exact) mass is 436 g/mol. The maximum atomic E-state index is 11.9. The minimum Gasteiger partial charge on any atom is -0.493 e. The fourth-order valence-electron chi connectivity index (χ4n) is 2.76. The number of hydrogen-bond acceptors (Lipinski definition) is 7. The van der Waals surface area contributed by atoms with Crippen molar-refractivity contribution in [2.45, 2.75) is 38.9 Å². The van der Waals surface area contributed by atoms with Gasteiger partial charge in [-0.1, -0.05) is 24.3 Å². The number of benzene rings is 2. The Balaban J connectivity index is 1.85. The van der Waals surface area contributed by atoms with Crippen molar-refractivity contribution in [2.75, 3.05) is 20.0 Å². The lowest BCUT2D eigenvalue weighted by molar-refractivity contribution is -0.156. The Bertz CT molecular complexity index is 904. The van der Waals surface area contributed by atoms with E-state index in [0.717, 1.165) is 23.1 Å². The van der Waals surface area contributed by atoms with Crippen LogP contribution in [0.4, 0.5) is 0 Å². The highest BCUT2D eigenvalue weighted by Gasteiger charge is 2.21. The fourth-order valence-corrected chi connectivity index (χ4v) is 3.22. The highest BCUT2D eigenvalue weighted by atomic mass is 32.2. The van der Waals surface area contributed by atoms with E-state index in [4.69, 9.17) is 18.4 Å². The number of hydrogen-bond donors (Lipinski definition) is 0. The summed E-state index contributed by atoms with van der Waals surface area (Å²) in [4.78, 5) is 11.9. The zero-order valence-corrected chi connectivity index (χ0v) is 18.5. The number of rotatable bonds is 11. The van der Waals surface area contributed by atoms with E-state index < -0.39 is 22.2 Å². The van der Waals surface area contributed by atoms with Crippen molar-refractivity contribution >= 4 is 16.1 Å². The Labute approximate surface area is 178 Å². The van der Waals surface area contributed by atoms with Crippen molar-refractivity contribution in [1.29, 1.82) is 0 Å². The largest absolute Gasteiger partial charge is 0.493 e. The molecule has 7 nitrogen and oxygen atoms in total. The third-order valence-electron chi connectivity index (χ3n) is 4.08. The Morgan fingerprint density at radius 1 is 0.933 bits per heavy atom. The van der Waals surface area contributed by atoms with Gasteiger partial charge < -0.3 is 18.4 Å². The second-order valence-corrected chi connectivity index (χ2v) is 8.65. The molecule has 0 radical (unpaired) electrons. The number of ether oxygens (including phenoxy) is 3. The quantitative estimate of drug-likeness (QED) is 0.395. The van der Waals surface area contributed by atoms with Gasteiger partial charge in [0.25, 0.3) is 0 Å². The normalized spacial score (nSPS) is 12.4. The van der Waals surface area contributed by atoms with Gasteiger partial charge >= 0.3 is 16.1 Å². The summed E-state index contributed by atoms with van der Waals surface area (Å²) in [6, 6.07) is 14.3. The van der Waals surface area contributed by atoms with E-state index in [2.05, 4.69) is 0 Å². The van der Waals surface area contributed by atoms with Crippen molar-refractivity contribution < 1.29 is 31.6 Å². The van der Waals surface area contributed by atoms with Gasteiger partial charge in [-0.25, -0.2) is 4.79 Å². The van der Waals surface area contributed by atoms with Gasteiger partial charge in [-0.2, -0.15) is 8.42 Å². The fraction of sp³-hybridized carbons (Fsp3) is 0.409. The molecule has 8 heteroatoms. The Hall–Kier alpha value is -2.58. The minimum atomic E-state index is -3.53. The molecule has 2 aromatic carbocycles. The lowest BCUT2D eigenvalue weighted by Crippen LogP contribution is -2.30. The predicted octanol–water partition coefficient (Wildman–Crippen LogP) is 3.16. The van der Waals surface area contributed by atoms with Crippen LogP contribution in [0.5, 0.6) is 11.5 Å². The van der Waals surface area contributed by atoms with E-state index in [9.17, 15) is 13.2 Å². The molecule has 0 spiro atoms. The molecule has 0 N–H and O–H groups in total. The molecule has 0 bridgehead atoms. The van der Waals surface area contributed by atoms with Gasteiger partial charge in [0.05, 0.1) is 26.1 Å². The lowest BCUT2D eigenvalue weighted by Gasteiger charge is -2.18. The smallest absolute Gasteiger partial charge is 0.335 e. The lowest BCUT2D eigenvalue weighted by atomic mass is 10.1. The minimum absolute atomic E-state index is 0.0799. The molecule has 0 aliphatic carbocycles. The van der Waals surface area contributed by atoms with E-state index in [0.29, 0.717) is 19.4 Å². The van der Waals surface area contributed by atoms with Gasteiger partial charge in [0, 0.05) is 12.8 Å². The van der Waals surface area contributed by atoms with Crippen LogP contribution < -0.4 is 8.92 Å². The first-order valence-electron chi connectivity index (χ1n) is 9.59. The molecule has 2 rings (SSSR count). The summed E-state index contributed by atoms with van der Waals surface area (Å²) in [5.74, 6) is 0.608. The highest BCUT2D eigenvalue weighted by molar-refractivity contribution is 7.86. The number of esters is 1. The van der Waals surface area contributed by atoms with Crippen LogP contribution in [-0.4, -0.2) is 46.6 Å². The second-order valence-electron chi connectivity index (χ2n) is 7.07. The molecule has 0 aromatic heterocycles. The van der Waals surface area contributed by atoms with E-state index in [1.807, 2.05) is 38.1 Å². The molecule has 0 saturated heterocycles. The highest BCUT2D eigenvalue weighted by Crippen LogP contribution is 2.17. The van der Waals surface area contributed by atoms with E-state index in [1.54, 1.807) is 24.3 Å². The van der Waals surface area contributed by atoms with Gasteiger partial charge in [-0.3, -0.25) is 0 Å². The summed E-state index contributed by atoms with van der Waals surface area (Å²) in [7, 11) is -2.18. The van der Waals surface area contributed by atoms with Crippen LogP contribution in [-0.2, 0) is 37.2 Å². The van der Waals surface area contributed by atoms with Gasteiger partial charge in [-0.15, -0.1) is 0 Å². The summed E-state index contributed by atoms with van der Waals surface area (Å²) in [5.41, 5.74) is 1.94. The van der Waals surface area contributed by atoms with Crippen molar-refractivity contribution in [1.82, 2.24) is 0 Å². The molecule has 0 aliphatic rings. The van der Waals surface area contributed by atoms with Crippen LogP contribution in [0.1, 0.15) is 25.0 Å². The number of carbonyl (C=O) groups excluding carboxylic acids is 1. The van der Waals surface area contributed by atoms with Crippen LogP contribution in [0.25, 0.3) is 0 Å². The number of carbonyl (C=O) groups is 1. The molecule has 0 saturated carbocycles. The number of methoxy groups -OCH3 is 1. The third kappa shape index (κ3) is 8.42. The van der Waals surface area contributed by atoms with Crippen molar-refractivity contribution in [3.63, 3.8) is 0 Å². The molecular formula is C22H28O7S. The maximum Gasteiger partial charge on any atom is 0.335 e. The first-order chi connectivity index (χ1) is 14.2. The summed E-state index contributed by atoms with van der Waals surface area (Å²) in [6.07, 6.45) is 1.37. The Morgan fingerprint density at radius 2 is 1.50 bits per heavy atom. The Morgan fingerprint density at radius 3 is 2.03 bits per heavy atom. The molecule has 30 heavy (non-hydrogen) atoms. The van der Waals surface area contributed by atoms with E-state index in [1.165, 1.54) is 7.11 Å². The molecule has 0 amide bonds. The molecule has 0 fully saturated rings. The van der Waals surface area contributed by atoms with Gasteiger partial charge in [0.1, 0.15) is 11.5 Å². The predicted molar refractivity (Wildman–Crippen MR) is 113 cm³/mol. The second kappa shape index (κ2) is 11.0. The SMILES string of the molecule is COC(=O)C(Cc1ccc(OCCc2ccc(OS(C)(=O)=O)cc2)cc1)OC(C)C. The van der Waals surface area contributed by atoms with Gasteiger partial charge in [-0.05, 0) is 49.2 Å². The first kappa shape index (κ1) is 23.7. The van der Waals surface area contributed by atoms with Gasteiger partial charge in [0.15, 0.2) is 6.10 Å². The van der Waals surface area contributed by atoms with Crippen LogP contribution in [0.2, 0.25) is 0 Å². The zero-order valence-electron chi connectivity index (χ0n) is 17.7. The van der Waals surface area contributed by atoms with E-state index >= 15 is 0 Å². The molecule has 164 valence electrons. The average Bonchev–Trinajstić information content (AvgIpc) is 2.68. The molecule has 0 aliphatic heterocycles. The molecule has 1 atom stereocenters.